The summed E-state index contributed by atoms with van der Waals surface area (Å²) in [4.78, 5) is 14.2. The summed E-state index contributed by atoms with van der Waals surface area (Å²) in [6, 6.07) is 2.42. The van der Waals surface area contributed by atoms with E-state index in [-0.39, 0.29) is 0 Å². The summed E-state index contributed by atoms with van der Waals surface area (Å²) < 4.78 is 55.6. The van der Waals surface area contributed by atoms with Crippen LogP contribution in [0.5, 0.6) is 0 Å². The highest BCUT2D eigenvalue weighted by atomic mass is 19.3. The van der Waals surface area contributed by atoms with Gasteiger partial charge in [0, 0.05) is 25.2 Å². The van der Waals surface area contributed by atoms with Gasteiger partial charge < -0.3 is 10.2 Å². The maximum absolute atomic E-state index is 14.2. The molecule has 1 aromatic carbocycles. The fourth-order valence-electron chi connectivity index (χ4n) is 3.24. The first-order valence-electron chi connectivity index (χ1n) is 7.21. The number of carbonyl (C=O) groups excluding carboxylic acids is 1. The molecule has 1 amide bonds. The van der Waals surface area contributed by atoms with Gasteiger partial charge in [-0.15, -0.1) is 0 Å². The second-order valence-corrected chi connectivity index (χ2v) is 6.00. The van der Waals surface area contributed by atoms with E-state index in [1.165, 1.54) is 0 Å². The summed E-state index contributed by atoms with van der Waals surface area (Å²) >= 11 is 0. The van der Waals surface area contributed by atoms with Crippen LogP contribution in [-0.2, 0) is 10.7 Å². The lowest BCUT2D eigenvalue weighted by Crippen LogP contribution is -2.62. The molecule has 3 aliphatic heterocycles. The van der Waals surface area contributed by atoms with Crippen LogP contribution in [0.25, 0.3) is 0 Å². The van der Waals surface area contributed by atoms with Gasteiger partial charge in [-0.1, -0.05) is 6.07 Å². The van der Waals surface area contributed by atoms with E-state index < -0.39 is 34.6 Å². The van der Waals surface area contributed by atoms with Crippen molar-refractivity contribution in [3.05, 3.63) is 35.4 Å². The molecule has 3 fully saturated rings. The third kappa shape index (κ3) is 2.47. The topological polar surface area (TPSA) is 32.3 Å². The fourth-order valence-corrected chi connectivity index (χ4v) is 3.24. The Morgan fingerprint density at radius 3 is 2.09 bits per heavy atom. The van der Waals surface area contributed by atoms with E-state index in [0.717, 1.165) is 37.8 Å². The Morgan fingerprint density at radius 1 is 1.09 bits per heavy atom. The molecular formula is C15H16F4N2O. The summed E-state index contributed by atoms with van der Waals surface area (Å²) in [7, 11) is 0. The van der Waals surface area contributed by atoms with Gasteiger partial charge in [-0.05, 0) is 31.4 Å². The number of alkyl halides is 2. The number of nitrogens with one attached hydrogen (secondary N) is 1. The number of hydrogen-bond donors (Lipinski definition) is 1. The van der Waals surface area contributed by atoms with Crippen molar-refractivity contribution in [3.8, 4) is 0 Å². The number of benzene rings is 1. The Bertz CT molecular complexity index is 563. The number of nitrogens with zero attached hydrogens (tertiary/aromatic N) is 1. The van der Waals surface area contributed by atoms with E-state index in [1.54, 1.807) is 0 Å². The maximum Gasteiger partial charge on any atom is 0.355 e. The van der Waals surface area contributed by atoms with Crippen LogP contribution in [0.3, 0.4) is 0 Å². The van der Waals surface area contributed by atoms with Crippen molar-refractivity contribution in [2.75, 3.05) is 19.6 Å². The molecule has 1 aromatic rings. The molecule has 2 bridgehead atoms. The van der Waals surface area contributed by atoms with E-state index in [0.29, 0.717) is 19.3 Å². The van der Waals surface area contributed by atoms with E-state index in [4.69, 9.17) is 0 Å². The van der Waals surface area contributed by atoms with Crippen LogP contribution in [0.2, 0.25) is 0 Å². The lowest BCUT2D eigenvalue weighted by atomic mass is 9.79. The van der Waals surface area contributed by atoms with E-state index >= 15 is 0 Å². The third-order valence-electron chi connectivity index (χ3n) is 4.66. The highest BCUT2D eigenvalue weighted by molar-refractivity contribution is 5.85. The van der Waals surface area contributed by atoms with Crippen molar-refractivity contribution in [3.63, 3.8) is 0 Å². The highest BCUT2D eigenvalue weighted by Gasteiger charge is 2.50. The summed E-state index contributed by atoms with van der Waals surface area (Å²) in [5.74, 6) is -8.71. The van der Waals surface area contributed by atoms with Crippen LogP contribution in [-0.4, -0.2) is 36.0 Å². The molecule has 0 aromatic heterocycles. The normalized spacial score (nSPS) is 27.7. The quantitative estimate of drug-likeness (QED) is 0.869. The van der Waals surface area contributed by atoms with Crippen molar-refractivity contribution in [2.45, 2.75) is 30.7 Å². The smallest absolute Gasteiger partial charge is 0.345 e. The minimum Gasteiger partial charge on any atom is -0.345 e. The first-order valence-corrected chi connectivity index (χ1v) is 7.21. The van der Waals surface area contributed by atoms with Crippen molar-refractivity contribution in [1.29, 1.82) is 0 Å². The van der Waals surface area contributed by atoms with Crippen molar-refractivity contribution < 1.29 is 22.4 Å². The van der Waals surface area contributed by atoms with E-state index in [9.17, 15) is 22.4 Å². The number of rotatable bonds is 3. The number of carbonyl (C=O) groups is 1. The van der Waals surface area contributed by atoms with Gasteiger partial charge in [-0.2, -0.15) is 8.78 Å². The number of hydrogen-bond acceptors (Lipinski definition) is 2. The first-order chi connectivity index (χ1) is 10.3. The number of fused-ring (bicyclic) bond motifs is 3. The monoisotopic (exact) mass is 316 g/mol. The maximum atomic E-state index is 14.2. The molecule has 120 valence electrons. The molecular weight excluding hydrogens is 300 g/mol. The van der Waals surface area contributed by atoms with Gasteiger partial charge in [-0.3, -0.25) is 4.79 Å². The lowest BCUT2D eigenvalue weighted by Gasteiger charge is -2.49. The van der Waals surface area contributed by atoms with Gasteiger partial charge in [-0.25, -0.2) is 8.78 Å². The molecule has 1 N–H and O–H groups in total. The number of piperidine rings is 3. The predicted octanol–water partition coefficient (Wildman–Crippen LogP) is 2.41. The molecule has 3 heterocycles. The highest BCUT2D eigenvalue weighted by Crippen LogP contribution is 2.36. The van der Waals surface area contributed by atoms with Crippen LogP contribution in [0, 0.1) is 11.6 Å². The largest absolute Gasteiger partial charge is 0.355 e. The first kappa shape index (κ1) is 15.3. The van der Waals surface area contributed by atoms with Crippen LogP contribution in [0.15, 0.2) is 18.2 Å². The zero-order valence-electron chi connectivity index (χ0n) is 11.8. The zero-order chi connectivity index (χ0) is 16.0. The zero-order valence-corrected chi connectivity index (χ0v) is 11.8. The Hall–Kier alpha value is -1.63. The van der Waals surface area contributed by atoms with Gasteiger partial charge in [0.25, 0.3) is 5.91 Å². The number of amides is 1. The second kappa shape index (κ2) is 5.22. The average Bonchev–Trinajstić information content (AvgIpc) is 2.48. The minimum atomic E-state index is -4.24. The summed E-state index contributed by atoms with van der Waals surface area (Å²) in [6.45, 7) is 2.21. The van der Waals surface area contributed by atoms with Crippen LogP contribution in [0.1, 0.15) is 24.8 Å². The minimum absolute atomic E-state index is 0.578. The predicted molar refractivity (Wildman–Crippen MR) is 71.4 cm³/mol. The Morgan fingerprint density at radius 2 is 1.59 bits per heavy atom. The van der Waals surface area contributed by atoms with Crippen LogP contribution in [0.4, 0.5) is 17.6 Å². The Balaban J connectivity index is 1.84. The molecule has 0 spiro atoms. The lowest BCUT2D eigenvalue weighted by molar-refractivity contribution is -0.151. The molecule has 4 rings (SSSR count). The SMILES string of the molecule is O=C(NC12CCN(CC1)CC2)C(F)(F)c1c(F)cccc1F. The van der Waals surface area contributed by atoms with Crippen LogP contribution >= 0.6 is 0 Å². The van der Waals surface area contributed by atoms with Crippen molar-refractivity contribution >= 4 is 5.91 Å². The van der Waals surface area contributed by atoms with Gasteiger partial charge >= 0.3 is 5.92 Å². The number of halogens is 4. The molecule has 3 aliphatic rings. The Labute approximate surface area is 125 Å². The van der Waals surface area contributed by atoms with E-state index in [2.05, 4.69) is 10.2 Å². The summed E-state index contributed by atoms with van der Waals surface area (Å²) in [5, 5.41) is 2.36. The molecule has 3 nitrogen and oxygen atoms in total. The third-order valence-corrected chi connectivity index (χ3v) is 4.66. The van der Waals surface area contributed by atoms with Gasteiger partial charge in [0.05, 0.1) is 0 Å². The molecule has 0 radical (unpaired) electrons. The van der Waals surface area contributed by atoms with Crippen LogP contribution < -0.4 is 5.32 Å². The Kier molecular flexibility index (Phi) is 3.63. The van der Waals surface area contributed by atoms with Crippen molar-refractivity contribution in [2.24, 2.45) is 0 Å². The van der Waals surface area contributed by atoms with Crippen molar-refractivity contribution in [1.82, 2.24) is 10.2 Å². The summed E-state index contributed by atoms with van der Waals surface area (Å²) in [6.07, 6.45) is 1.73. The summed E-state index contributed by atoms with van der Waals surface area (Å²) in [5.41, 5.74) is -2.17. The van der Waals surface area contributed by atoms with E-state index in [1.807, 2.05) is 0 Å². The van der Waals surface area contributed by atoms with Gasteiger partial charge in [0.1, 0.15) is 17.2 Å². The molecule has 0 atom stereocenters. The second-order valence-electron chi connectivity index (χ2n) is 6.00. The fraction of sp³-hybridized carbons (Fsp3) is 0.533. The average molecular weight is 316 g/mol. The molecule has 0 saturated carbocycles. The standard InChI is InChI=1S/C15H16F4N2O/c16-10-2-1-3-11(17)12(10)15(18,19)13(22)20-14-4-7-21(8-5-14)9-6-14/h1-3H,4-9H2,(H,20,22). The molecule has 3 saturated heterocycles. The molecule has 22 heavy (non-hydrogen) atoms. The molecule has 0 unspecified atom stereocenters. The van der Waals surface area contributed by atoms with Gasteiger partial charge in [0.2, 0.25) is 0 Å². The molecule has 7 heteroatoms. The van der Waals surface area contributed by atoms with Gasteiger partial charge in [0.15, 0.2) is 0 Å². The molecule has 0 aliphatic carbocycles.